The molecule has 0 radical (unpaired) electrons. The molecule has 0 aliphatic carbocycles. The van der Waals surface area contributed by atoms with Crippen LogP contribution in [0.5, 0.6) is 0 Å². The maximum atomic E-state index is 13.7. The predicted molar refractivity (Wildman–Crippen MR) is 83.3 cm³/mol. The molecule has 2 rings (SSSR count). The number of hydrogen-bond acceptors (Lipinski definition) is 1. The van der Waals surface area contributed by atoms with E-state index in [0.717, 1.165) is 11.6 Å². The van der Waals surface area contributed by atoms with Crippen molar-refractivity contribution in [3.8, 4) is 0 Å². The fourth-order valence-electron chi connectivity index (χ4n) is 1.61. The van der Waals surface area contributed by atoms with Gasteiger partial charge in [-0.05, 0) is 58.7 Å². The van der Waals surface area contributed by atoms with Gasteiger partial charge in [0.05, 0.1) is 11.3 Å². The molecule has 0 heterocycles. The SMILES string of the molecule is Cc1cc(Br)c(NC(=O)c2ccc(Cl)cc2F)cc1Cl. The average molecular weight is 377 g/mol. The van der Waals surface area contributed by atoms with Gasteiger partial charge in [0.2, 0.25) is 0 Å². The third-order valence-electron chi connectivity index (χ3n) is 2.67. The number of rotatable bonds is 2. The van der Waals surface area contributed by atoms with Crippen molar-refractivity contribution in [2.24, 2.45) is 0 Å². The molecule has 2 nitrogen and oxygen atoms in total. The number of amides is 1. The van der Waals surface area contributed by atoms with Crippen LogP contribution in [-0.4, -0.2) is 5.91 Å². The Hall–Kier alpha value is -1.10. The van der Waals surface area contributed by atoms with E-state index < -0.39 is 11.7 Å². The van der Waals surface area contributed by atoms with Crippen LogP contribution in [0, 0.1) is 12.7 Å². The highest BCUT2D eigenvalue weighted by Crippen LogP contribution is 2.29. The number of benzene rings is 2. The molecule has 0 unspecified atom stereocenters. The number of nitrogens with one attached hydrogen (secondary N) is 1. The van der Waals surface area contributed by atoms with Crippen molar-refractivity contribution in [3.63, 3.8) is 0 Å². The van der Waals surface area contributed by atoms with Crippen molar-refractivity contribution in [1.82, 2.24) is 0 Å². The minimum atomic E-state index is -0.677. The van der Waals surface area contributed by atoms with Gasteiger partial charge >= 0.3 is 0 Å². The van der Waals surface area contributed by atoms with Crippen molar-refractivity contribution in [2.45, 2.75) is 6.92 Å². The lowest BCUT2D eigenvalue weighted by molar-refractivity contribution is 0.102. The maximum Gasteiger partial charge on any atom is 0.258 e. The van der Waals surface area contributed by atoms with Gasteiger partial charge in [0.25, 0.3) is 5.91 Å². The Morgan fingerprint density at radius 2 is 1.95 bits per heavy atom. The largest absolute Gasteiger partial charge is 0.321 e. The van der Waals surface area contributed by atoms with Crippen LogP contribution in [0.1, 0.15) is 15.9 Å². The first-order valence-electron chi connectivity index (χ1n) is 5.60. The van der Waals surface area contributed by atoms with Crippen molar-refractivity contribution in [1.29, 1.82) is 0 Å². The summed E-state index contributed by atoms with van der Waals surface area (Å²) in [7, 11) is 0. The van der Waals surface area contributed by atoms with E-state index in [2.05, 4.69) is 21.2 Å². The summed E-state index contributed by atoms with van der Waals surface area (Å²) in [6.07, 6.45) is 0. The highest BCUT2D eigenvalue weighted by atomic mass is 79.9. The number of carbonyl (C=O) groups excluding carboxylic acids is 1. The first-order chi connectivity index (χ1) is 9.38. The lowest BCUT2D eigenvalue weighted by Crippen LogP contribution is -2.14. The minimum absolute atomic E-state index is 0.0852. The van der Waals surface area contributed by atoms with Crippen molar-refractivity contribution < 1.29 is 9.18 Å². The Bertz CT molecular complexity index is 691. The second-order valence-corrected chi connectivity index (χ2v) is 5.86. The van der Waals surface area contributed by atoms with Crippen LogP contribution in [0.4, 0.5) is 10.1 Å². The Balaban J connectivity index is 2.30. The first-order valence-corrected chi connectivity index (χ1v) is 7.15. The summed E-state index contributed by atoms with van der Waals surface area (Å²) in [5.74, 6) is -1.25. The molecule has 0 aromatic heterocycles. The average Bonchev–Trinajstić information content (AvgIpc) is 2.35. The van der Waals surface area contributed by atoms with Gasteiger partial charge in [0, 0.05) is 14.5 Å². The normalized spacial score (nSPS) is 10.4. The molecule has 6 heteroatoms. The molecule has 0 fully saturated rings. The number of hydrogen-bond donors (Lipinski definition) is 1. The van der Waals surface area contributed by atoms with Gasteiger partial charge in [-0.25, -0.2) is 4.39 Å². The zero-order chi connectivity index (χ0) is 14.9. The van der Waals surface area contributed by atoms with E-state index in [1.54, 1.807) is 12.1 Å². The topological polar surface area (TPSA) is 29.1 Å². The molecule has 1 amide bonds. The van der Waals surface area contributed by atoms with E-state index in [9.17, 15) is 9.18 Å². The monoisotopic (exact) mass is 375 g/mol. The van der Waals surface area contributed by atoms with Gasteiger partial charge in [-0.15, -0.1) is 0 Å². The molecular weight excluding hydrogens is 368 g/mol. The summed E-state index contributed by atoms with van der Waals surface area (Å²) in [4.78, 5) is 12.0. The number of aryl methyl sites for hydroxylation is 1. The second-order valence-electron chi connectivity index (χ2n) is 4.16. The Kier molecular flexibility index (Phi) is 4.68. The summed E-state index contributed by atoms with van der Waals surface area (Å²) in [6, 6.07) is 7.25. The van der Waals surface area contributed by atoms with Crippen LogP contribution in [0.2, 0.25) is 10.0 Å². The Labute approximate surface area is 134 Å². The van der Waals surface area contributed by atoms with Crippen molar-refractivity contribution in [3.05, 3.63) is 61.8 Å². The Morgan fingerprint density at radius 3 is 2.60 bits per heavy atom. The second kappa shape index (κ2) is 6.12. The third kappa shape index (κ3) is 3.32. The zero-order valence-electron chi connectivity index (χ0n) is 10.3. The molecule has 0 aliphatic rings. The highest BCUT2D eigenvalue weighted by molar-refractivity contribution is 9.10. The fourth-order valence-corrected chi connectivity index (χ4v) is 2.48. The van der Waals surface area contributed by atoms with Gasteiger partial charge in [-0.1, -0.05) is 23.2 Å². The van der Waals surface area contributed by atoms with Gasteiger partial charge in [-0.2, -0.15) is 0 Å². The highest BCUT2D eigenvalue weighted by Gasteiger charge is 2.14. The molecule has 0 saturated carbocycles. The smallest absolute Gasteiger partial charge is 0.258 e. The predicted octanol–water partition coefficient (Wildman–Crippen LogP) is 5.46. The van der Waals surface area contributed by atoms with Gasteiger partial charge in [-0.3, -0.25) is 4.79 Å². The van der Waals surface area contributed by atoms with E-state index in [1.165, 1.54) is 12.1 Å². The molecule has 0 spiro atoms. The molecule has 0 atom stereocenters. The molecule has 0 saturated heterocycles. The minimum Gasteiger partial charge on any atom is -0.321 e. The third-order valence-corrected chi connectivity index (χ3v) is 3.97. The van der Waals surface area contributed by atoms with Gasteiger partial charge < -0.3 is 5.32 Å². The first kappa shape index (κ1) is 15.3. The zero-order valence-corrected chi connectivity index (χ0v) is 13.4. The molecule has 2 aromatic rings. The summed E-state index contributed by atoms with van der Waals surface area (Å²) in [5.41, 5.74) is 1.26. The van der Waals surface area contributed by atoms with E-state index in [0.29, 0.717) is 15.2 Å². The van der Waals surface area contributed by atoms with Crippen LogP contribution < -0.4 is 5.32 Å². The quantitative estimate of drug-likeness (QED) is 0.741. The van der Waals surface area contributed by atoms with Crippen molar-refractivity contribution >= 4 is 50.7 Å². The Morgan fingerprint density at radius 1 is 1.25 bits per heavy atom. The summed E-state index contributed by atoms with van der Waals surface area (Å²) in [6.45, 7) is 1.84. The number of halogens is 4. The number of carbonyl (C=O) groups is 1. The molecule has 104 valence electrons. The van der Waals surface area contributed by atoms with Crippen LogP contribution in [-0.2, 0) is 0 Å². The maximum absolute atomic E-state index is 13.7. The van der Waals surface area contributed by atoms with E-state index in [4.69, 9.17) is 23.2 Å². The molecule has 1 N–H and O–H groups in total. The standard InChI is InChI=1S/C14H9BrCl2FNO/c1-7-4-10(15)13(6-11(7)17)19-14(20)9-3-2-8(16)5-12(9)18/h2-6H,1H3,(H,19,20). The van der Waals surface area contributed by atoms with Gasteiger partial charge in [0.1, 0.15) is 5.82 Å². The number of anilines is 1. The molecule has 2 aromatic carbocycles. The van der Waals surface area contributed by atoms with Crippen LogP contribution in [0.25, 0.3) is 0 Å². The van der Waals surface area contributed by atoms with Crippen LogP contribution in [0.15, 0.2) is 34.8 Å². The molecular formula is C14H9BrCl2FNO. The van der Waals surface area contributed by atoms with Crippen molar-refractivity contribution in [2.75, 3.05) is 5.32 Å². The van der Waals surface area contributed by atoms with Gasteiger partial charge in [0.15, 0.2) is 0 Å². The molecule has 0 bridgehead atoms. The molecule has 20 heavy (non-hydrogen) atoms. The van der Waals surface area contributed by atoms with Crippen LogP contribution in [0.3, 0.4) is 0 Å². The summed E-state index contributed by atoms with van der Waals surface area (Å²) < 4.78 is 14.3. The fraction of sp³-hybridized carbons (Fsp3) is 0.0714. The van der Waals surface area contributed by atoms with E-state index >= 15 is 0 Å². The van der Waals surface area contributed by atoms with E-state index in [-0.39, 0.29) is 10.6 Å². The van der Waals surface area contributed by atoms with E-state index in [1.807, 2.05) is 6.92 Å². The van der Waals surface area contributed by atoms with Crippen LogP contribution >= 0.6 is 39.1 Å². The lowest BCUT2D eigenvalue weighted by atomic mass is 10.2. The lowest BCUT2D eigenvalue weighted by Gasteiger charge is -2.10. The summed E-state index contributed by atoms with van der Waals surface area (Å²) >= 11 is 15.0. The molecule has 0 aliphatic heterocycles. The summed E-state index contributed by atoms with van der Waals surface area (Å²) in [5, 5.41) is 3.35.